The molecule has 1 aromatic heterocycles. The van der Waals surface area contributed by atoms with Crippen LogP contribution in [0.3, 0.4) is 0 Å². The van der Waals surface area contributed by atoms with Crippen LogP contribution in [0.25, 0.3) is 0 Å². The first-order valence-electron chi connectivity index (χ1n) is 9.85. The van der Waals surface area contributed by atoms with Crippen LogP contribution in [0.1, 0.15) is 38.2 Å². The van der Waals surface area contributed by atoms with Gasteiger partial charge in [0.25, 0.3) is 5.91 Å². The van der Waals surface area contributed by atoms with Gasteiger partial charge in [-0.25, -0.2) is 14.8 Å². The molecule has 1 atom stereocenters. The molecule has 8 heteroatoms. The molecule has 3 amide bonds. The number of aromatic nitrogens is 2. The monoisotopic (exact) mass is 372 g/mol. The van der Waals surface area contributed by atoms with Crippen LogP contribution in [0.2, 0.25) is 0 Å². The van der Waals surface area contributed by atoms with Gasteiger partial charge in [-0.1, -0.05) is 6.92 Å². The summed E-state index contributed by atoms with van der Waals surface area (Å²) in [5.74, 6) is 1.42. The minimum absolute atomic E-state index is 0.101. The van der Waals surface area contributed by atoms with Crippen molar-refractivity contribution in [3.8, 4) is 0 Å². The maximum Gasteiger partial charge on any atom is 0.324 e. The number of likely N-dealkylation sites (tertiary alicyclic amines) is 1. The average molecular weight is 372 g/mol. The van der Waals surface area contributed by atoms with Crippen molar-refractivity contribution in [3.05, 3.63) is 18.0 Å². The van der Waals surface area contributed by atoms with E-state index in [1.807, 2.05) is 12.4 Å². The van der Waals surface area contributed by atoms with Gasteiger partial charge < -0.3 is 10.2 Å². The molecule has 0 radical (unpaired) electrons. The Morgan fingerprint density at radius 2 is 1.89 bits per heavy atom. The van der Waals surface area contributed by atoms with Gasteiger partial charge in [-0.2, -0.15) is 0 Å². The van der Waals surface area contributed by atoms with Crippen molar-refractivity contribution in [3.63, 3.8) is 0 Å². The van der Waals surface area contributed by atoms with Gasteiger partial charge in [0.05, 0.1) is 0 Å². The summed E-state index contributed by atoms with van der Waals surface area (Å²) >= 11 is 0. The van der Waals surface area contributed by atoms with Crippen LogP contribution in [-0.2, 0) is 11.3 Å². The number of urea groups is 1. The van der Waals surface area contributed by atoms with Gasteiger partial charge in [-0.05, 0) is 31.6 Å². The minimum Gasteiger partial charge on any atom is -0.341 e. The number of anilines is 1. The molecule has 4 heterocycles. The van der Waals surface area contributed by atoms with Gasteiger partial charge in [0.2, 0.25) is 5.95 Å². The quantitative estimate of drug-likeness (QED) is 0.804. The van der Waals surface area contributed by atoms with Gasteiger partial charge in [-0.15, -0.1) is 0 Å². The molecule has 1 unspecified atom stereocenters. The molecule has 1 N–H and O–H groups in total. The predicted molar refractivity (Wildman–Crippen MR) is 101 cm³/mol. The first kappa shape index (κ1) is 18.2. The zero-order valence-corrected chi connectivity index (χ0v) is 16.1. The zero-order chi connectivity index (χ0) is 19.0. The van der Waals surface area contributed by atoms with E-state index in [0.29, 0.717) is 18.8 Å². The lowest BCUT2D eigenvalue weighted by atomic mass is 9.87. The van der Waals surface area contributed by atoms with Crippen molar-refractivity contribution in [2.75, 3.05) is 38.1 Å². The second-order valence-electron chi connectivity index (χ2n) is 8.24. The molecule has 8 nitrogen and oxygen atoms in total. The Hall–Kier alpha value is -2.22. The third kappa shape index (κ3) is 3.50. The first-order chi connectivity index (χ1) is 13.0. The molecular formula is C19H28N6O2. The summed E-state index contributed by atoms with van der Waals surface area (Å²) < 4.78 is 0. The summed E-state index contributed by atoms with van der Waals surface area (Å²) in [6, 6.07) is -0.288. The summed E-state index contributed by atoms with van der Waals surface area (Å²) in [5.41, 5.74) is 0.381. The minimum atomic E-state index is -0.701. The highest BCUT2D eigenvalue weighted by molar-refractivity contribution is 6.06. The van der Waals surface area contributed by atoms with Crippen LogP contribution in [0.15, 0.2) is 12.4 Å². The Morgan fingerprint density at radius 3 is 2.48 bits per heavy atom. The highest BCUT2D eigenvalue weighted by Gasteiger charge is 2.50. The van der Waals surface area contributed by atoms with Crippen LogP contribution < -0.4 is 10.2 Å². The fourth-order valence-corrected chi connectivity index (χ4v) is 4.41. The van der Waals surface area contributed by atoms with Crippen LogP contribution >= 0.6 is 0 Å². The number of carbonyl (C=O) groups is 2. The summed E-state index contributed by atoms with van der Waals surface area (Å²) in [6.45, 7) is 6.65. The lowest BCUT2D eigenvalue weighted by molar-refractivity contribution is -0.132. The molecule has 0 saturated carbocycles. The van der Waals surface area contributed by atoms with E-state index in [1.54, 1.807) is 7.05 Å². The molecular weight excluding hydrogens is 344 g/mol. The summed E-state index contributed by atoms with van der Waals surface area (Å²) in [4.78, 5) is 39.1. The lowest BCUT2D eigenvalue weighted by Crippen LogP contribution is -2.54. The van der Waals surface area contributed by atoms with E-state index in [4.69, 9.17) is 0 Å². The maximum atomic E-state index is 12.4. The number of nitrogens with one attached hydrogen (secondary N) is 1. The Morgan fingerprint density at radius 1 is 1.19 bits per heavy atom. The topological polar surface area (TPSA) is 81.7 Å². The number of nitrogens with zero attached hydrogens (tertiary/aromatic N) is 5. The van der Waals surface area contributed by atoms with Gasteiger partial charge in [0.1, 0.15) is 5.54 Å². The van der Waals surface area contributed by atoms with Gasteiger partial charge in [0.15, 0.2) is 0 Å². The highest BCUT2D eigenvalue weighted by atomic mass is 16.2. The highest BCUT2D eigenvalue weighted by Crippen LogP contribution is 2.29. The second kappa shape index (κ2) is 7.07. The van der Waals surface area contributed by atoms with Crippen molar-refractivity contribution in [1.82, 2.24) is 25.1 Å². The number of hydrogen-bond donors (Lipinski definition) is 1. The van der Waals surface area contributed by atoms with E-state index in [2.05, 4.69) is 32.0 Å². The first-order valence-corrected chi connectivity index (χ1v) is 9.85. The van der Waals surface area contributed by atoms with Crippen molar-refractivity contribution in [2.24, 2.45) is 5.92 Å². The summed E-state index contributed by atoms with van der Waals surface area (Å²) in [6.07, 6.45) is 7.61. The lowest BCUT2D eigenvalue weighted by Gasteiger charge is -2.37. The summed E-state index contributed by atoms with van der Waals surface area (Å²) in [5, 5.41) is 2.88. The second-order valence-corrected chi connectivity index (χ2v) is 8.24. The van der Waals surface area contributed by atoms with E-state index in [0.717, 1.165) is 44.2 Å². The number of piperidine rings is 2. The number of amides is 3. The molecule has 3 aliphatic heterocycles. The third-order valence-corrected chi connectivity index (χ3v) is 6.11. The predicted octanol–water partition coefficient (Wildman–Crippen LogP) is 1.23. The van der Waals surface area contributed by atoms with E-state index in [1.165, 1.54) is 17.7 Å². The summed E-state index contributed by atoms with van der Waals surface area (Å²) in [7, 11) is 1.54. The molecule has 4 rings (SSSR count). The molecule has 3 fully saturated rings. The van der Waals surface area contributed by atoms with Gasteiger partial charge >= 0.3 is 6.03 Å². The van der Waals surface area contributed by atoms with Crippen LogP contribution in [0.4, 0.5) is 10.7 Å². The van der Waals surface area contributed by atoms with Crippen LogP contribution in [-0.4, -0.2) is 70.5 Å². The Labute approximate surface area is 159 Å². The fraction of sp³-hybridized carbons (Fsp3) is 0.684. The maximum absolute atomic E-state index is 12.4. The van der Waals surface area contributed by atoms with E-state index >= 15 is 0 Å². The molecule has 0 aromatic carbocycles. The largest absolute Gasteiger partial charge is 0.341 e. The molecule has 1 spiro atoms. The molecule has 27 heavy (non-hydrogen) atoms. The zero-order valence-electron chi connectivity index (χ0n) is 16.1. The number of imide groups is 1. The Balaban J connectivity index is 1.33. The van der Waals surface area contributed by atoms with Crippen molar-refractivity contribution in [1.29, 1.82) is 0 Å². The van der Waals surface area contributed by atoms with E-state index in [-0.39, 0.29) is 11.9 Å². The fourth-order valence-electron chi connectivity index (χ4n) is 4.41. The molecule has 0 bridgehead atoms. The van der Waals surface area contributed by atoms with E-state index < -0.39 is 5.54 Å². The molecule has 1 aromatic rings. The van der Waals surface area contributed by atoms with Gasteiger partial charge in [0, 0.05) is 57.7 Å². The molecule has 3 aliphatic rings. The van der Waals surface area contributed by atoms with Crippen LogP contribution in [0.5, 0.6) is 0 Å². The van der Waals surface area contributed by atoms with Crippen molar-refractivity contribution >= 4 is 17.9 Å². The SMILES string of the molecule is CC1CCCN(c2ncc(CN3CCC4(CC3)NC(=O)N(C)C4=O)cn2)C1. The average Bonchev–Trinajstić information content (AvgIpc) is 2.88. The number of carbonyl (C=O) groups excluding carboxylic acids is 2. The number of likely N-dealkylation sites (N-methyl/N-ethyl adjacent to an activating group) is 1. The van der Waals surface area contributed by atoms with Crippen molar-refractivity contribution < 1.29 is 9.59 Å². The Kier molecular flexibility index (Phi) is 4.75. The van der Waals surface area contributed by atoms with Crippen molar-refractivity contribution in [2.45, 2.75) is 44.7 Å². The molecule has 0 aliphatic carbocycles. The standard InChI is InChI=1S/C19H28N6O2/c1-14-4-3-7-25(12-14)17-20-10-15(11-21-17)13-24-8-5-19(6-9-24)16(26)23(2)18(27)22-19/h10-11,14H,3-9,12-13H2,1-2H3,(H,22,27). The smallest absolute Gasteiger partial charge is 0.324 e. The van der Waals surface area contributed by atoms with Gasteiger partial charge in [-0.3, -0.25) is 14.6 Å². The normalized spacial score (nSPS) is 25.9. The molecule has 3 saturated heterocycles. The van der Waals surface area contributed by atoms with Crippen LogP contribution in [0, 0.1) is 5.92 Å². The number of hydrogen-bond acceptors (Lipinski definition) is 6. The number of rotatable bonds is 3. The molecule has 146 valence electrons. The Bertz CT molecular complexity index is 713. The third-order valence-electron chi connectivity index (χ3n) is 6.11. The van der Waals surface area contributed by atoms with E-state index in [9.17, 15) is 9.59 Å².